The summed E-state index contributed by atoms with van der Waals surface area (Å²) in [7, 11) is 0. The maximum absolute atomic E-state index is 12.0. The fourth-order valence-corrected chi connectivity index (χ4v) is 2.42. The number of carbonyl (C=O) groups excluding carboxylic acids is 1. The smallest absolute Gasteiger partial charge is 0.260 e. The van der Waals surface area contributed by atoms with Crippen LogP contribution in [0.4, 0.5) is 0 Å². The number of hydrogen-bond donors (Lipinski definition) is 1. The molecule has 22 heavy (non-hydrogen) atoms. The molecule has 1 aliphatic heterocycles. The molecule has 5 heteroatoms. The Morgan fingerprint density at radius 2 is 2.09 bits per heavy atom. The van der Waals surface area contributed by atoms with E-state index in [0.29, 0.717) is 6.54 Å². The SMILES string of the molecule is Cc1ccccc1O[C@@H](C)C(=O)NCCCN1CCOCC1. The van der Waals surface area contributed by atoms with Crippen LogP contribution >= 0.6 is 0 Å². The largest absolute Gasteiger partial charge is 0.481 e. The summed E-state index contributed by atoms with van der Waals surface area (Å²) in [4.78, 5) is 14.4. The number of carbonyl (C=O) groups is 1. The Morgan fingerprint density at radius 3 is 2.82 bits per heavy atom. The minimum Gasteiger partial charge on any atom is -0.481 e. The van der Waals surface area contributed by atoms with Crippen LogP contribution in [-0.2, 0) is 9.53 Å². The molecule has 0 unspecified atom stereocenters. The van der Waals surface area contributed by atoms with Gasteiger partial charge in [0.15, 0.2) is 6.10 Å². The number of rotatable bonds is 7. The van der Waals surface area contributed by atoms with E-state index >= 15 is 0 Å². The molecule has 5 nitrogen and oxygen atoms in total. The van der Waals surface area contributed by atoms with Crippen molar-refractivity contribution in [3.63, 3.8) is 0 Å². The van der Waals surface area contributed by atoms with Crippen molar-refractivity contribution in [2.24, 2.45) is 0 Å². The molecular weight excluding hydrogens is 280 g/mol. The van der Waals surface area contributed by atoms with E-state index in [2.05, 4.69) is 10.2 Å². The molecule has 1 aromatic carbocycles. The summed E-state index contributed by atoms with van der Waals surface area (Å²) in [5.74, 6) is 0.698. The van der Waals surface area contributed by atoms with Crippen LogP contribution in [0.3, 0.4) is 0 Å². The number of benzene rings is 1. The van der Waals surface area contributed by atoms with Gasteiger partial charge in [0.1, 0.15) is 5.75 Å². The fraction of sp³-hybridized carbons (Fsp3) is 0.588. The minimum absolute atomic E-state index is 0.0646. The van der Waals surface area contributed by atoms with Gasteiger partial charge in [-0.1, -0.05) is 18.2 Å². The molecule has 122 valence electrons. The van der Waals surface area contributed by atoms with Gasteiger partial charge in [-0.05, 0) is 38.4 Å². The molecule has 1 aliphatic rings. The summed E-state index contributed by atoms with van der Waals surface area (Å²) in [6.45, 7) is 9.03. The second-order valence-corrected chi connectivity index (χ2v) is 5.62. The minimum atomic E-state index is -0.482. The molecule has 0 aromatic heterocycles. The lowest BCUT2D eigenvalue weighted by atomic mass is 10.2. The normalized spacial score (nSPS) is 17.0. The highest BCUT2D eigenvalue weighted by molar-refractivity contribution is 5.80. The summed E-state index contributed by atoms with van der Waals surface area (Å²) in [6.07, 6.45) is 0.465. The Morgan fingerprint density at radius 1 is 1.36 bits per heavy atom. The van der Waals surface area contributed by atoms with Gasteiger partial charge >= 0.3 is 0 Å². The van der Waals surface area contributed by atoms with Crippen LogP contribution in [0.2, 0.25) is 0 Å². The molecule has 0 radical (unpaired) electrons. The Bertz CT molecular complexity index is 473. The van der Waals surface area contributed by atoms with Crippen LogP contribution in [0.1, 0.15) is 18.9 Å². The van der Waals surface area contributed by atoms with Crippen LogP contribution in [0.25, 0.3) is 0 Å². The van der Waals surface area contributed by atoms with E-state index in [1.54, 1.807) is 6.92 Å². The first-order chi connectivity index (χ1) is 10.7. The number of amides is 1. The van der Waals surface area contributed by atoms with Gasteiger partial charge in [0.2, 0.25) is 0 Å². The number of morpholine rings is 1. The standard InChI is InChI=1S/C17H26N2O3/c1-14-6-3-4-7-16(14)22-15(2)17(20)18-8-5-9-19-10-12-21-13-11-19/h3-4,6-7,15H,5,8-13H2,1-2H3,(H,18,20)/t15-/m0/s1. The first kappa shape index (κ1) is 16.8. The van der Waals surface area contributed by atoms with Crippen LogP contribution in [0, 0.1) is 6.92 Å². The van der Waals surface area contributed by atoms with Gasteiger partial charge in [-0.25, -0.2) is 0 Å². The molecule has 1 saturated heterocycles. The van der Waals surface area contributed by atoms with Crippen LogP contribution in [0.5, 0.6) is 5.75 Å². The zero-order valence-electron chi connectivity index (χ0n) is 13.5. The maximum Gasteiger partial charge on any atom is 0.260 e. The highest BCUT2D eigenvalue weighted by Gasteiger charge is 2.15. The van der Waals surface area contributed by atoms with E-state index < -0.39 is 6.10 Å². The number of para-hydroxylation sites is 1. The van der Waals surface area contributed by atoms with Gasteiger partial charge in [-0.15, -0.1) is 0 Å². The molecule has 0 spiro atoms. The van der Waals surface area contributed by atoms with Gasteiger partial charge in [0.05, 0.1) is 13.2 Å². The molecular formula is C17H26N2O3. The van der Waals surface area contributed by atoms with Crippen LogP contribution in [-0.4, -0.2) is 56.3 Å². The summed E-state index contributed by atoms with van der Waals surface area (Å²) in [5.41, 5.74) is 1.04. The number of nitrogens with zero attached hydrogens (tertiary/aromatic N) is 1. The van der Waals surface area contributed by atoms with E-state index in [-0.39, 0.29) is 5.91 Å². The lowest BCUT2D eigenvalue weighted by Gasteiger charge is -2.26. The predicted octanol–water partition coefficient (Wildman–Crippen LogP) is 1.60. The zero-order chi connectivity index (χ0) is 15.8. The average Bonchev–Trinajstić information content (AvgIpc) is 2.54. The van der Waals surface area contributed by atoms with E-state index in [1.807, 2.05) is 31.2 Å². The Hall–Kier alpha value is -1.59. The molecule has 1 aromatic rings. The summed E-state index contributed by atoms with van der Waals surface area (Å²) in [5, 5.41) is 2.94. The lowest BCUT2D eigenvalue weighted by molar-refractivity contribution is -0.127. The monoisotopic (exact) mass is 306 g/mol. The lowest BCUT2D eigenvalue weighted by Crippen LogP contribution is -2.40. The summed E-state index contributed by atoms with van der Waals surface area (Å²) in [6, 6.07) is 7.73. The van der Waals surface area contributed by atoms with E-state index in [4.69, 9.17) is 9.47 Å². The molecule has 1 atom stereocenters. The molecule has 2 rings (SSSR count). The van der Waals surface area contributed by atoms with E-state index in [1.165, 1.54) is 0 Å². The van der Waals surface area contributed by atoms with Crippen molar-refractivity contribution in [2.45, 2.75) is 26.4 Å². The molecule has 1 amide bonds. The number of hydrogen-bond acceptors (Lipinski definition) is 4. The summed E-state index contributed by atoms with van der Waals surface area (Å²) < 4.78 is 11.0. The summed E-state index contributed by atoms with van der Waals surface area (Å²) >= 11 is 0. The van der Waals surface area contributed by atoms with E-state index in [0.717, 1.165) is 50.6 Å². The molecule has 0 bridgehead atoms. The average molecular weight is 306 g/mol. The van der Waals surface area contributed by atoms with Gasteiger partial charge in [0.25, 0.3) is 5.91 Å². The fourth-order valence-electron chi connectivity index (χ4n) is 2.42. The van der Waals surface area contributed by atoms with Crippen molar-refractivity contribution in [3.8, 4) is 5.75 Å². The molecule has 1 fully saturated rings. The van der Waals surface area contributed by atoms with Crippen molar-refractivity contribution < 1.29 is 14.3 Å². The first-order valence-electron chi connectivity index (χ1n) is 7.97. The molecule has 1 N–H and O–H groups in total. The van der Waals surface area contributed by atoms with Gasteiger partial charge in [-0.3, -0.25) is 9.69 Å². The number of nitrogens with one attached hydrogen (secondary N) is 1. The second kappa shape index (κ2) is 8.76. The van der Waals surface area contributed by atoms with E-state index in [9.17, 15) is 4.79 Å². The Kier molecular flexibility index (Phi) is 6.68. The zero-order valence-corrected chi connectivity index (χ0v) is 13.5. The number of aryl methyl sites for hydroxylation is 1. The Balaban J connectivity index is 1.65. The molecule has 0 saturated carbocycles. The number of ether oxygens (including phenoxy) is 2. The third kappa shape index (κ3) is 5.31. The van der Waals surface area contributed by atoms with Gasteiger partial charge < -0.3 is 14.8 Å². The quantitative estimate of drug-likeness (QED) is 0.778. The third-order valence-corrected chi connectivity index (χ3v) is 3.82. The van der Waals surface area contributed by atoms with Crippen molar-refractivity contribution in [3.05, 3.63) is 29.8 Å². The van der Waals surface area contributed by atoms with Gasteiger partial charge in [0, 0.05) is 19.6 Å². The third-order valence-electron chi connectivity index (χ3n) is 3.82. The Labute approximate surface area is 132 Å². The van der Waals surface area contributed by atoms with Crippen molar-refractivity contribution in [2.75, 3.05) is 39.4 Å². The molecule has 0 aliphatic carbocycles. The molecule has 1 heterocycles. The highest BCUT2D eigenvalue weighted by atomic mass is 16.5. The topological polar surface area (TPSA) is 50.8 Å². The predicted molar refractivity (Wildman–Crippen MR) is 86.2 cm³/mol. The highest BCUT2D eigenvalue weighted by Crippen LogP contribution is 2.17. The van der Waals surface area contributed by atoms with Crippen molar-refractivity contribution in [1.29, 1.82) is 0 Å². The second-order valence-electron chi connectivity index (χ2n) is 5.62. The first-order valence-corrected chi connectivity index (χ1v) is 7.97. The van der Waals surface area contributed by atoms with Gasteiger partial charge in [-0.2, -0.15) is 0 Å². The van der Waals surface area contributed by atoms with Crippen LogP contribution in [0.15, 0.2) is 24.3 Å². The van der Waals surface area contributed by atoms with Crippen LogP contribution < -0.4 is 10.1 Å². The van der Waals surface area contributed by atoms with Crippen molar-refractivity contribution >= 4 is 5.91 Å². The van der Waals surface area contributed by atoms with Crippen molar-refractivity contribution in [1.82, 2.24) is 10.2 Å². The maximum atomic E-state index is 12.0.